The van der Waals surface area contributed by atoms with Gasteiger partial charge in [0.1, 0.15) is 0 Å². The number of carboxylic acid groups (broad SMARTS) is 1. The summed E-state index contributed by atoms with van der Waals surface area (Å²) in [5.74, 6) is -2.22. The molecule has 1 atom stereocenters. The van der Waals surface area contributed by atoms with Gasteiger partial charge in [-0.1, -0.05) is 30.3 Å². The van der Waals surface area contributed by atoms with Crippen molar-refractivity contribution in [2.45, 2.75) is 18.5 Å². The lowest BCUT2D eigenvalue weighted by molar-refractivity contribution is -0.140. The van der Waals surface area contributed by atoms with Crippen molar-refractivity contribution in [1.29, 1.82) is 0 Å². The lowest BCUT2D eigenvalue weighted by Crippen LogP contribution is -2.16. The molecular formula is C16H14F3NO2. The Balaban J connectivity index is 2.32. The SMILES string of the molecule is Nc1ccc(CC(C(=O)O)c2cccc(C(F)(F)F)c2)cc1. The molecule has 0 bridgehead atoms. The van der Waals surface area contributed by atoms with Crippen LogP contribution in [0.25, 0.3) is 0 Å². The van der Waals surface area contributed by atoms with E-state index in [-0.39, 0.29) is 12.0 Å². The lowest BCUT2D eigenvalue weighted by Gasteiger charge is -2.15. The Morgan fingerprint density at radius 3 is 2.32 bits per heavy atom. The van der Waals surface area contributed by atoms with Crippen LogP contribution in [-0.4, -0.2) is 11.1 Å². The van der Waals surface area contributed by atoms with Crippen LogP contribution >= 0.6 is 0 Å². The minimum atomic E-state index is -4.50. The van der Waals surface area contributed by atoms with Gasteiger partial charge in [0.25, 0.3) is 0 Å². The van der Waals surface area contributed by atoms with E-state index in [0.717, 1.165) is 12.1 Å². The number of rotatable bonds is 4. The summed E-state index contributed by atoms with van der Waals surface area (Å²) in [6, 6.07) is 11.0. The molecule has 6 heteroatoms. The van der Waals surface area contributed by atoms with E-state index in [2.05, 4.69) is 0 Å². The van der Waals surface area contributed by atoms with Crippen LogP contribution in [0.3, 0.4) is 0 Å². The molecule has 0 radical (unpaired) electrons. The van der Waals surface area contributed by atoms with Crippen LogP contribution in [0.2, 0.25) is 0 Å². The fourth-order valence-corrected chi connectivity index (χ4v) is 2.17. The summed E-state index contributed by atoms with van der Waals surface area (Å²) in [6.45, 7) is 0. The molecule has 0 saturated heterocycles. The number of anilines is 1. The molecular weight excluding hydrogens is 295 g/mol. The second-order valence-electron chi connectivity index (χ2n) is 4.96. The highest BCUT2D eigenvalue weighted by molar-refractivity contribution is 5.76. The van der Waals surface area contributed by atoms with E-state index < -0.39 is 23.6 Å². The van der Waals surface area contributed by atoms with E-state index in [9.17, 15) is 23.1 Å². The largest absolute Gasteiger partial charge is 0.481 e. The second-order valence-corrected chi connectivity index (χ2v) is 4.96. The molecule has 2 rings (SSSR count). The Morgan fingerprint density at radius 2 is 1.77 bits per heavy atom. The van der Waals surface area contributed by atoms with Gasteiger partial charge in [0.05, 0.1) is 11.5 Å². The Morgan fingerprint density at radius 1 is 1.14 bits per heavy atom. The Hall–Kier alpha value is -2.50. The number of nitrogens with two attached hydrogens (primary N) is 1. The van der Waals surface area contributed by atoms with Crippen molar-refractivity contribution in [2.75, 3.05) is 5.73 Å². The molecule has 3 N–H and O–H groups in total. The van der Waals surface area contributed by atoms with Crippen molar-refractivity contribution in [3.8, 4) is 0 Å². The first-order valence-electron chi connectivity index (χ1n) is 6.52. The van der Waals surface area contributed by atoms with Crippen molar-refractivity contribution in [2.24, 2.45) is 0 Å². The molecule has 0 aliphatic heterocycles. The summed E-state index contributed by atoms with van der Waals surface area (Å²) in [4.78, 5) is 11.4. The van der Waals surface area contributed by atoms with E-state index in [1.54, 1.807) is 24.3 Å². The molecule has 3 nitrogen and oxygen atoms in total. The molecule has 0 aliphatic rings. The summed E-state index contributed by atoms with van der Waals surface area (Å²) in [5.41, 5.74) is 6.06. The van der Waals surface area contributed by atoms with Gasteiger partial charge in [-0.3, -0.25) is 4.79 Å². The molecule has 0 fully saturated rings. The van der Waals surface area contributed by atoms with E-state index >= 15 is 0 Å². The molecule has 1 unspecified atom stereocenters. The molecule has 0 spiro atoms. The number of benzene rings is 2. The van der Waals surface area contributed by atoms with E-state index in [4.69, 9.17) is 5.73 Å². The molecule has 2 aromatic carbocycles. The van der Waals surface area contributed by atoms with Gasteiger partial charge in [-0.25, -0.2) is 0 Å². The molecule has 22 heavy (non-hydrogen) atoms. The van der Waals surface area contributed by atoms with Gasteiger partial charge in [-0.15, -0.1) is 0 Å². The van der Waals surface area contributed by atoms with Gasteiger partial charge >= 0.3 is 12.1 Å². The van der Waals surface area contributed by atoms with Gasteiger partial charge in [-0.05, 0) is 35.7 Å². The molecule has 0 amide bonds. The smallest absolute Gasteiger partial charge is 0.416 e. The maximum Gasteiger partial charge on any atom is 0.416 e. The Kier molecular flexibility index (Phi) is 4.40. The highest BCUT2D eigenvalue weighted by Gasteiger charge is 2.31. The molecule has 0 heterocycles. The number of carboxylic acids is 1. The normalized spacial score (nSPS) is 12.9. The van der Waals surface area contributed by atoms with E-state index in [0.29, 0.717) is 11.3 Å². The number of nitrogen functional groups attached to an aromatic ring is 1. The third-order valence-corrected chi connectivity index (χ3v) is 3.33. The van der Waals surface area contributed by atoms with E-state index in [1.807, 2.05) is 0 Å². The zero-order valence-electron chi connectivity index (χ0n) is 11.5. The summed E-state index contributed by atoms with van der Waals surface area (Å²) >= 11 is 0. The topological polar surface area (TPSA) is 63.3 Å². The average Bonchev–Trinajstić information content (AvgIpc) is 2.45. The number of alkyl halides is 3. The minimum Gasteiger partial charge on any atom is -0.481 e. The standard InChI is InChI=1S/C16H14F3NO2/c17-16(18,19)12-3-1-2-11(9-12)14(15(21)22)8-10-4-6-13(20)7-5-10/h1-7,9,14H,8,20H2,(H,21,22). The molecule has 0 aliphatic carbocycles. The number of hydrogen-bond donors (Lipinski definition) is 2. The zero-order valence-corrected chi connectivity index (χ0v) is 11.5. The first-order chi connectivity index (χ1) is 10.3. The fourth-order valence-electron chi connectivity index (χ4n) is 2.17. The summed E-state index contributed by atoms with van der Waals surface area (Å²) in [6.07, 6.45) is -4.41. The highest BCUT2D eigenvalue weighted by atomic mass is 19.4. The first kappa shape index (κ1) is 15.9. The first-order valence-corrected chi connectivity index (χ1v) is 6.52. The van der Waals surface area contributed by atoms with Gasteiger partial charge in [-0.2, -0.15) is 13.2 Å². The monoisotopic (exact) mass is 309 g/mol. The molecule has 116 valence electrons. The predicted octanol–water partition coefficient (Wildman–Crippen LogP) is 3.70. The number of carbonyl (C=O) groups is 1. The Bertz CT molecular complexity index is 666. The van der Waals surface area contributed by atoms with Crippen LogP contribution in [-0.2, 0) is 17.4 Å². The van der Waals surface area contributed by atoms with Crippen molar-refractivity contribution in [3.63, 3.8) is 0 Å². The second kappa shape index (κ2) is 6.09. The average molecular weight is 309 g/mol. The predicted molar refractivity (Wildman–Crippen MR) is 76.4 cm³/mol. The number of hydrogen-bond acceptors (Lipinski definition) is 2. The van der Waals surface area contributed by atoms with Gasteiger partial charge in [0, 0.05) is 5.69 Å². The summed E-state index contributed by atoms with van der Waals surface area (Å²) < 4.78 is 38.2. The summed E-state index contributed by atoms with van der Waals surface area (Å²) in [7, 11) is 0. The van der Waals surface area contributed by atoms with Gasteiger partial charge < -0.3 is 10.8 Å². The maximum atomic E-state index is 12.7. The number of halogens is 3. The van der Waals surface area contributed by atoms with Crippen molar-refractivity contribution < 1.29 is 23.1 Å². The van der Waals surface area contributed by atoms with Crippen LogP contribution < -0.4 is 5.73 Å². The molecule has 0 saturated carbocycles. The number of aliphatic carboxylic acids is 1. The lowest BCUT2D eigenvalue weighted by atomic mass is 9.91. The maximum absolute atomic E-state index is 12.7. The molecule has 2 aromatic rings. The fraction of sp³-hybridized carbons (Fsp3) is 0.188. The van der Waals surface area contributed by atoms with Crippen LogP contribution in [0.1, 0.15) is 22.6 Å². The van der Waals surface area contributed by atoms with Crippen molar-refractivity contribution in [1.82, 2.24) is 0 Å². The van der Waals surface area contributed by atoms with Gasteiger partial charge in [0.2, 0.25) is 0 Å². The van der Waals surface area contributed by atoms with Gasteiger partial charge in [0.15, 0.2) is 0 Å². The third-order valence-electron chi connectivity index (χ3n) is 3.33. The zero-order chi connectivity index (χ0) is 16.3. The summed E-state index contributed by atoms with van der Waals surface area (Å²) in [5, 5.41) is 9.33. The minimum absolute atomic E-state index is 0.0942. The quantitative estimate of drug-likeness (QED) is 0.847. The third kappa shape index (κ3) is 3.78. The highest BCUT2D eigenvalue weighted by Crippen LogP contribution is 2.32. The van der Waals surface area contributed by atoms with Crippen molar-refractivity contribution in [3.05, 3.63) is 65.2 Å². The van der Waals surface area contributed by atoms with Crippen LogP contribution in [0.15, 0.2) is 48.5 Å². The molecule has 0 aromatic heterocycles. The van der Waals surface area contributed by atoms with Crippen molar-refractivity contribution >= 4 is 11.7 Å². The van der Waals surface area contributed by atoms with Crippen LogP contribution in [0, 0.1) is 0 Å². The van der Waals surface area contributed by atoms with E-state index in [1.165, 1.54) is 12.1 Å². The Labute approximate surface area is 125 Å². The van der Waals surface area contributed by atoms with Crippen LogP contribution in [0.5, 0.6) is 0 Å². The van der Waals surface area contributed by atoms with Crippen LogP contribution in [0.4, 0.5) is 18.9 Å².